The smallest absolute Gasteiger partial charge is 0.131 e. The Morgan fingerprint density at radius 1 is 1.37 bits per heavy atom. The molecule has 0 amide bonds. The number of aromatic nitrogens is 2. The van der Waals surface area contributed by atoms with Crippen molar-refractivity contribution >= 4 is 5.82 Å². The maximum atomic E-state index is 10.0. The number of aryl methyl sites for hydroxylation is 2. The average Bonchev–Trinajstić information content (AvgIpc) is 2.98. The molecule has 5 nitrogen and oxygen atoms in total. The van der Waals surface area contributed by atoms with Crippen LogP contribution < -0.4 is 10.2 Å². The number of rotatable bonds is 3. The predicted octanol–water partition coefficient (Wildman–Crippen LogP) is 0.655. The average molecular weight is 264 g/mol. The number of aliphatic hydroxyl groups is 1. The largest absolute Gasteiger partial charge is 0.393 e. The van der Waals surface area contributed by atoms with Crippen LogP contribution in [0.1, 0.15) is 24.1 Å². The molecule has 106 valence electrons. The molecule has 2 N–H and O–H groups in total. The molecule has 1 aromatic rings. The van der Waals surface area contributed by atoms with E-state index < -0.39 is 0 Å². The molecule has 1 saturated carbocycles. The lowest BCUT2D eigenvalue weighted by molar-refractivity contribution is 0.133. The Bertz CT molecular complexity index is 470. The monoisotopic (exact) mass is 264 g/mol. The lowest BCUT2D eigenvalue weighted by Gasteiger charge is -2.22. The van der Waals surface area contributed by atoms with Gasteiger partial charge in [0, 0.05) is 38.2 Å². The highest BCUT2D eigenvalue weighted by Gasteiger charge is 2.43. The molecule has 3 unspecified atom stereocenters. The van der Waals surface area contributed by atoms with Gasteiger partial charge in [0.1, 0.15) is 5.82 Å². The topological polar surface area (TPSA) is 53.3 Å². The molecule has 0 bridgehead atoms. The van der Waals surface area contributed by atoms with Crippen LogP contribution in [0.5, 0.6) is 0 Å². The minimum Gasteiger partial charge on any atom is -0.393 e. The summed E-state index contributed by atoms with van der Waals surface area (Å²) in [6.45, 7) is 4.96. The van der Waals surface area contributed by atoms with Crippen molar-refractivity contribution in [3.8, 4) is 0 Å². The zero-order chi connectivity index (χ0) is 13.6. The number of fused-ring (bicyclic) bond motifs is 1. The Morgan fingerprint density at radius 2 is 2.16 bits per heavy atom. The molecule has 2 aliphatic rings. The molecule has 3 rings (SSSR count). The quantitative estimate of drug-likeness (QED) is 0.842. The Hall–Kier alpha value is -1.07. The van der Waals surface area contributed by atoms with Crippen molar-refractivity contribution < 1.29 is 5.11 Å². The van der Waals surface area contributed by atoms with Crippen LogP contribution in [0.4, 0.5) is 5.82 Å². The van der Waals surface area contributed by atoms with Crippen molar-refractivity contribution in [3.63, 3.8) is 0 Å². The molecular weight excluding hydrogens is 240 g/mol. The lowest BCUT2D eigenvalue weighted by Crippen LogP contribution is -2.27. The van der Waals surface area contributed by atoms with Crippen LogP contribution in [0.25, 0.3) is 0 Å². The molecule has 1 saturated heterocycles. The fourth-order valence-electron chi connectivity index (χ4n) is 3.88. The van der Waals surface area contributed by atoms with Gasteiger partial charge >= 0.3 is 0 Å². The van der Waals surface area contributed by atoms with E-state index in [1.165, 1.54) is 17.8 Å². The fourth-order valence-corrected chi connectivity index (χ4v) is 3.88. The van der Waals surface area contributed by atoms with Gasteiger partial charge in [-0.25, -0.2) is 0 Å². The van der Waals surface area contributed by atoms with E-state index in [-0.39, 0.29) is 6.10 Å². The first-order chi connectivity index (χ1) is 9.11. The van der Waals surface area contributed by atoms with E-state index in [9.17, 15) is 5.11 Å². The van der Waals surface area contributed by atoms with Crippen molar-refractivity contribution in [3.05, 3.63) is 11.3 Å². The van der Waals surface area contributed by atoms with Crippen molar-refractivity contribution in [2.45, 2.75) is 32.4 Å². The van der Waals surface area contributed by atoms with Crippen LogP contribution in [0.3, 0.4) is 0 Å². The number of anilines is 1. The Kier molecular flexibility index (Phi) is 3.27. The van der Waals surface area contributed by atoms with Gasteiger partial charge in [-0.05, 0) is 32.7 Å². The van der Waals surface area contributed by atoms with Crippen molar-refractivity contribution in [1.29, 1.82) is 0 Å². The fraction of sp³-hybridized carbons (Fsp3) is 0.786. The number of hydrogen-bond donors (Lipinski definition) is 2. The van der Waals surface area contributed by atoms with E-state index >= 15 is 0 Å². The third-order valence-electron chi connectivity index (χ3n) is 4.79. The summed E-state index contributed by atoms with van der Waals surface area (Å²) in [6.07, 6.45) is 2.05. The molecule has 1 aliphatic heterocycles. The third-order valence-corrected chi connectivity index (χ3v) is 4.79. The minimum absolute atomic E-state index is 0.0999. The maximum absolute atomic E-state index is 10.0. The van der Waals surface area contributed by atoms with Crippen LogP contribution in [0, 0.1) is 18.8 Å². The predicted molar refractivity (Wildman–Crippen MR) is 75.1 cm³/mol. The molecule has 0 aromatic carbocycles. The summed E-state index contributed by atoms with van der Waals surface area (Å²) < 4.78 is 2.00. The highest BCUT2D eigenvalue weighted by molar-refractivity contribution is 5.51. The lowest BCUT2D eigenvalue weighted by atomic mass is 10.00. The number of nitrogens with one attached hydrogen (secondary N) is 1. The summed E-state index contributed by atoms with van der Waals surface area (Å²) in [5.74, 6) is 2.35. The first-order valence-electron chi connectivity index (χ1n) is 7.22. The maximum Gasteiger partial charge on any atom is 0.131 e. The summed E-state index contributed by atoms with van der Waals surface area (Å²) in [7, 11) is 3.99. The van der Waals surface area contributed by atoms with Gasteiger partial charge in [-0.1, -0.05) is 0 Å². The summed E-state index contributed by atoms with van der Waals surface area (Å²) in [5.41, 5.74) is 2.39. The summed E-state index contributed by atoms with van der Waals surface area (Å²) in [6, 6.07) is 0. The van der Waals surface area contributed by atoms with E-state index in [0.717, 1.165) is 31.7 Å². The highest BCUT2D eigenvalue weighted by Crippen LogP contribution is 2.40. The van der Waals surface area contributed by atoms with Gasteiger partial charge in [0.25, 0.3) is 0 Å². The Balaban J connectivity index is 1.87. The Labute approximate surface area is 114 Å². The first-order valence-corrected chi connectivity index (χ1v) is 7.22. The molecule has 5 heteroatoms. The van der Waals surface area contributed by atoms with Crippen LogP contribution in [0.2, 0.25) is 0 Å². The molecule has 1 aromatic heterocycles. The van der Waals surface area contributed by atoms with Gasteiger partial charge in [0.15, 0.2) is 0 Å². The van der Waals surface area contributed by atoms with Gasteiger partial charge in [0.05, 0.1) is 11.8 Å². The van der Waals surface area contributed by atoms with E-state index in [0.29, 0.717) is 11.8 Å². The summed E-state index contributed by atoms with van der Waals surface area (Å²) in [5, 5.41) is 17.8. The number of hydrogen-bond acceptors (Lipinski definition) is 4. The second kappa shape index (κ2) is 4.80. The van der Waals surface area contributed by atoms with Crippen molar-refractivity contribution in [2.24, 2.45) is 18.9 Å². The SMILES string of the molecule is CNCc1c(C)nn(C)c1N1CC2CCC(O)C2C1. The van der Waals surface area contributed by atoms with Gasteiger partial charge < -0.3 is 15.3 Å². The normalized spacial score (nSPS) is 30.1. The van der Waals surface area contributed by atoms with E-state index in [1.54, 1.807) is 0 Å². The van der Waals surface area contributed by atoms with Gasteiger partial charge in [-0.2, -0.15) is 5.10 Å². The standard InChI is InChI=1S/C14H24N4O/c1-9-11(6-15-2)14(17(3)16-9)18-7-10-4-5-13(19)12(10)8-18/h10,12-13,15,19H,4-8H2,1-3H3. The molecule has 1 aliphatic carbocycles. The number of aliphatic hydroxyl groups excluding tert-OH is 1. The zero-order valence-corrected chi connectivity index (χ0v) is 12.1. The summed E-state index contributed by atoms with van der Waals surface area (Å²) in [4.78, 5) is 2.42. The number of nitrogens with zero attached hydrogens (tertiary/aromatic N) is 3. The molecular formula is C14H24N4O. The zero-order valence-electron chi connectivity index (χ0n) is 12.1. The van der Waals surface area contributed by atoms with E-state index in [2.05, 4.69) is 22.2 Å². The second-order valence-electron chi connectivity index (χ2n) is 6.02. The van der Waals surface area contributed by atoms with Gasteiger partial charge in [-0.3, -0.25) is 4.68 Å². The molecule has 0 radical (unpaired) electrons. The molecule has 2 heterocycles. The Morgan fingerprint density at radius 3 is 2.84 bits per heavy atom. The molecule has 0 spiro atoms. The molecule has 3 atom stereocenters. The van der Waals surface area contributed by atoms with E-state index in [4.69, 9.17) is 0 Å². The van der Waals surface area contributed by atoms with E-state index in [1.807, 2.05) is 18.8 Å². The highest BCUT2D eigenvalue weighted by atomic mass is 16.3. The third kappa shape index (κ3) is 2.05. The van der Waals surface area contributed by atoms with Crippen molar-refractivity contribution in [2.75, 3.05) is 25.0 Å². The second-order valence-corrected chi connectivity index (χ2v) is 6.02. The molecule has 19 heavy (non-hydrogen) atoms. The first kappa shape index (κ1) is 12.9. The van der Waals surface area contributed by atoms with Crippen LogP contribution in [-0.4, -0.2) is 41.1 Å². The van der Waals surface area contributed by atoms with Crippen LogP contribution in [-0.2, 0) is 13.6 Å². The van der Waals surface area contributed by atoms with Crippen LogP contribution in [0.15, 0.2) is 0 Å². The molecule has 2 fully saturated rings. The summed E-state index contributed by atoms with van der Waals surface area (Å²) >= 11 is 0. The minimum atomic E-state index is -0.0999. The van der Waals surface area contributed by atoms with Crippen LogP contribution >= 0.6 is 0 Å². The van der Waals surface area contributed by atoms with Crippen molar-refractivity contribution in [1.82, 2.24) is 15.1 Å². The van der Waals surface area contributed by atoms with Gasteiger partial charge in [-0.15, -0.1) is 0 Å². The van der Waals surface area contributed by atoms with Gasteiger partial charge in [0.2, 0.25) is 0 Å².